The van der Waals surface area contributed by atoms with E-state index in [-0.39, 0.29) is 5.82 Å². The third-order valence-corrected chi connectivity index (χ3v) is 6.87. The highest BCUT2D eigenvalue weighted by Gasteiger charge is 2.57. The van der Waals surface area contributed by atoms with E-state index in [4.69, 9.17) is 4.74 Å². The number of likely N-dealkylation sites (N-methyl/N-ethyl adjacent to an activating group) is 1. The van der Waals surface area contributed by atoms with Gasteiger partial charge in [0, 0.05) is 41.4 Å². The Bertz CT molecular complexity index is 1060. The van der Waals surface area contributed by atoms with Gasteiger partial charge in [0.2, 0.25) is 0 Å². The summed E-state index contributed by atoms with van der Waals surface area (Å²) in [5.41, 5.74) is 2.84. The molecule has 1 aromatic heterocycles. The third kappa shape index (κ3) is 2.43. The molecule has 4 nitrogen and oxygen atoms in total. The van der Waals surface area contributed by atoms with Gasteiger partial charge in [0.15, 0.2) is 0 Å². The molecule has 2 aliphatic rings. The maximum atomic E-state index is 13.8. The van der Waals surface area contributed by atoms with Gasteiger partial charge < -0.3 is 19.7 Å². The lowest BCUT2D eigenvalue weighted by Gasteiger charge is -2.56. The molecular formula is C23H25FN2O2. The molecule has 1 aliphatic carbocycles. The summed E-state index contributed by atoms with van der Waals surface area (Å²) in [6.45, 7) is 1.53. The van der Waals surface area contributed by atoms with Crippen molar-refractivity contribution in [3.63, 3.8) is 0 Å². The minimum atomic E-state index is -0.900. The maximum absolute atomic E-state index is 13.8. The van der Waals surface area contributed by atoms with Crippen LogP contribution in [0.4, 0.5) is 4.39 Å². The molecule has 0 bridgehead atoms. The van der Waals surface area contributed by atoms with Crippen LogP contribution in [0.3, 0.4) is 0 Å². The SMILES string of the molecule is COc1cccc(C23CCN(C)CC2(O)Cc2c([nH]c4cc(F)ccc24)C3)c1. The van der Waals surface area contributed by atoms with Crippen molar-refractivity contribution in [2.45, 2.75) is 30.3 Å². The van der Waals surface area contributed by atoms with Crippen molar-refractivity contribution in [1.29, 1.82) is 0 Å². The summed E-state index contributed by atoms with van der Waals surface area (Å²) in [5, 5.41) is 13.0. The number of halogens is 1. The van der Waals surface area contributed by atoms with E-state index < -0.39 is 11.0 Å². The molecule has 1 aliphatic heterocycles. The van der Waals surface area contributed by atoms with Crippen LogP contribution in [0.25, 0.3) is 10.9 Å². The first-order valence-electron chi connectivity index (χ1n) is 9.79. The number of hydrogen-bond donors (Lipinski definition) is 2. The van der Waals surface area contributed by atoms with Gasteiger partial charge in [-0.25, -0.2) is 4.39 Å². The molecule has 28 heavy (non-hydrogen) atoms. The van der Waals surface area contributed by atoms with Gasteiger partial charge in [-0.15, -0.1) is 0 Å². The summed E-state index contributed by atoms with van der Waals surface area (Å²) in [6, 6.07) is 13.0. The highest BCUT2D eigenvalue weighted by Crippen LogP contribution is 2.51. The molecule has 3 aromatic rings. The lowest BCUT2D eigenvalue weighted by Crippen LogP contribution is -2.65. The number of aromatic nitrogens is 1. The summed E-state index contributed by atoms with van der Waals surface area (Å²) >= 11 is 0. The first-order valence-corrected chi connectivity index (χ1v) is 9.79. The van der Waals surface area contributed by atoms with Gasteiger partial charge >= 0.3 is 0 Å². The van der Waals surface area contributed by atoms with Crippen molar-refractivity contribution in [1.82, 2.24) is 9.88 Å². The van der Waals surface area contributed by atoms with Crippen LogP contribution in [0, 0.1) is 5.82 Å². The fraction of sp³-hybridized carbons (Fsp3) is 0.391. The Balaban J connectivity index is 1.71. The van der Waals surface area contributed by atoms with Crippen molar-refractivity contribution in [3.8, 4) is 5.75 Å². The average Bonchev–Trinajstić information content (AvgIpc) is 3.01. The zero-order chi connectivity index (χ0) is 19.5. The molecule has 1 fully saturated rings. The molecule has 5 rings (SSSR count). The largest absolute Gasteiger partial charge is 0.497 e. The molecule has 146 valence electrons. The minimum absolute atomic E-state index is 0.246. The van der Waals surface area contributed by atoms with Crippen molar-refractivity contribution in [3.05, 3.63) is 65.1 Å². The van der Waals surface area contributed by atoms with Crippen LogP contribution < -0.4 is 4.74 Å². The number of piperidine rings is 1. The number of likely N-dealkylation sites (tertiary alicyclic amines) is 1. The van der Waals surface area contributed by atoms with Crippen molar-refractivity contribution >= 4 is 10.9 Å². The summed E-state index contributed by atoms with van der Waals surface area (Å²) in [5.74, 6) is 0.558. The van der Waals surface area contributed by atoms with Crippen LogP contribution >= 0.6 is 0 Å². The van der Waals surface area contributed by atoms with E-state index in [0.29, 0.717) is 19.4 Å². The molecule has 2 aromatic carbocycles. The van der Waals surface area contributed by atoms with E-state index >= 15 is 0 Å². The monoisotopic (exact) mass is 380 g/mol. The molecule has 2 atom stereocenters. The quantitative estimate of drug-likeness (QED) is 0.716. The highest BCUT2D eigenvalue weighted by molar-refractivity contribution is 5.85. The van der Waals surface area contributed by atoms with E-state index in [1.165, 1.54) is 6.07 Å². The van der Waals surface area contributed by atoms with Gasteiger partial charge in [-0.2, -0.15) is 0 Å². The molecule has 1 saturated heterocycles. The number of aromatic amines is 1. The van der Waals surface area contributed by atoms with Crippen LogP contribution in [-0.4, -0.2) is 47.8 Å². The van der Waals surface area contributed by atoms with Crippen molar-refractivity contribution in [2.75, 3.05) is 27.2 Å². The predicted molar refractivity (Wildman–Crippen MR) is 107 cm³/mol. The molecule has 2 heterocycles. The number of nitrogens with one attached hydrogen (secondary N) is 1. The van der Waals surface area contributed by atoms with Crippen LogP contribution in [0.2, 0.25) is 0 Å². The number of aliphatic hydroxyl groups is 1. The topological polar surface area (TPSA) is 48.5 Å². The Labute approximate surface area is 163 Å². The standard InChI is InChI=1S/C23H25FN2O2/c1-26-9-8-22(15-4-3-5-17(10-15)28-2)13-21-19(12-23(22,27)14-26)18-7-6-16(24)11-20(18)25-21/h3-7,10-11,25,27H,8-9,12-14H2,1-2H3. The van der Waals surface area contributed by atoms with E-state index in [1.54, 1.807) is 13.2 Å². The van der Waals surface area contributed by atoms with Gasteiger partial charge in [0.1, 0.15) is 11.6 Å². The molecule has 2 unspecified atom stereocenters. The second-order valence-corrected chi connectivity index (χ2v) is 8.46. The van der Waals surface area contributed by atoms with Gasteiger partial charge in [-0.1, -0.05) is 12.1 Å². The lowest BCUT2D eigenvalue weighted by molar-refractivity contribution is -0.0972. The molecule has 0 saturated carbocycles. The zero-order valence-electron chi connectivity index (χ0n) is 16.3. The van der Waals surface area contributed by atoms with E-state index in [9.17, 15) is 9.50 Å². The van der Waals surface area contributed by atoms with Gasteiger partial charge in [0.05, 0.1) is 12.7 Å². The molecule has 0 radical (unpaired) electrons. The van der Waals surface area contributed by atoms with Gasteiger partial charge in [-0.05, 0) is 61.5 Å². The molecule has 0 spiro atoms. The first-order chi connectivity index (χ1) is 13.4. The Morgan fingerprint density at radius 3 is 2.86 bits per heavy atom. The van der Waals surface area contributed by atoms with Crippen LogP contribution in [0.15, 0.2) is 42.5 Å². The Morgan fingerprint density at radius 1 is 1.18 bits per heavy atom. The summed E-state index contributed by atoms with van der Waals surface area (Å²) in [7, 11) is 3.73. The fourth-order valence-corrected chi connectivity index (χ4v) is 5.44. The average molecular weight is 380 g/mol. The number of methoxy groups -OCH3 is 1. The molecule has 2 N–H and O–H groups in total. The van der Waals surface area contributed by atoms with Gasteiger partial charge in [-0.3, -0.25) is 0 Å². The Hall–Kier alpha value is -2.37. The lowest BCUT2D eigenvalue weighted by atomic mass is 9.56. The number of nitrogens with zero attached hydrogens (tertiary/aromatic N) is 1. The number of β-amino-alcohol motifs (C(OH)–C–C–N with tert-alkyl or cyclic N) is 1. The zero-order valence-corrected chi connectivity index (χ0v) is 16.3. The number of H-pyrrole nitrogens is 1. The maximum Gasteiger partial charge on any atom is 0.125 e. The number of benzene rings is 2. The third-order valence-electron chi connectivity index (χ3n) is 6.87. The number of rotatable bonds is 2. The van der Waals surface area contributed by atoms with Crippen molar-refractivity contribution in [2.24, 2.45) is 0 Å². The van der Waals surface area contributed by atoms with Crippen LogP contribution in [0.1, 0.15) is 23.2 Å². The second-order valence-electron chi connectivity index (χ2n) is 8.46. The van der Waals surface area contributed by atoms with E-state index in [0.717, 1.165) is 46.4 Å². The first kappa shape index (κ1) is 17.7. The van der Waals surface area contributed by atoms with Crippen LogP contribution in [0.5, 0.6) is 5.75 Å². The fourth-order valence-electron chi connectivity index (χ4n) is 5.44. The van der Waals surface area contributed by atoms with E-state index in [2.05, 4.69) is 29.1 Å². The molecule has 5 heteroatoms. The van der Waals surface area contributed by atoms with E-state index in [1.807, 2.05) is 18.2 Å². The molecule has 0 amide bonds. The van der Waals surface area contributed by atoms with Crippen molar-refractivity contribution < 1.29 is 14.2 Å². The normalized spacial score (nSPS) is 27.4. The Kier molecular flexibility index (Phi) is 3.83. The summed E-state index contributed by atoms with van der Waals surface area (Å²) in [6.07, 6.45) is 2.11. The summed E-state index contributed by atoms with van der Waals surface area (Å²) in [4.78, 5) is 5.65. The minimum Gasteiger partial charge on any atom is -0.497 e. The predicted octanol–water partition coefficient (Wildman–Crippen LogP) is 3.42. The number of hydrogen-bond acceptors (Lipinski definition) is 3. The summed E-state index contributed by atoms with van der Waals surface area (Å²) < 4.78 is 19.2. The molecular weight excluding hydrogens is 355 g/mol. The Morgan fingerprint density at radius 2 is 2.04 bits per heavy atom. The number of ether oxygens (including phenoxy) is 1. The highest BCUT2D eigenvalue weighted by atomic mass is 19.1. The van der Waals surface area contributed by atoms with Gasteiger partial charge in [0.25, 0.3) is 0 Å². The second kappa shape index (κ2) is 6.06. The van der Waals surface area contributed by atoms with Crippen LogP contribution in [-0.2, 0) is 18.3 Å². The number of fused-ring (bicyclic) bond motifs is 4. The smallest absolute Gasteiger partial charge is 0.125 e.